The van der Waals surface area contributed by atoms with E-state index in [1.165, 1.54) is 4.68 Å². The molecule has 1 amide bonds. The average molecular weight is 365 g/mol. The maximum absolute atomic E-state index is 13.1. The maximum atomic E-state index is 13.1. The first-order valence-corrected chi connectivity index (χ1v) is 8.51. The molecule has 0 bridgehead atoms. The second-order valence-electron chi connectivity index (χ2n) is 6.62. The zero-order chi connectivity index (χ0) is 17.3. The number of hydrogen-bond acceptors (Lipinski definition) is 4. The number of carbonyl (C=O) groups is 1. The van der Waals surface area contributed by atoms with Crippen LogP contribution in [0.25, 0.3) is 10.8 Å². The Bertz CT molecular complexity index is 818. The molecule has 1 aliphatic rings. The Morgan fingerprint density at radius 3 is 2.60 bits per heavy atom. The number of halogens is 1. The van der Waals surface area contributed by atoms with Gasteiger partial charge < -0.3 is 10.2 Å². The molecule has 1 atom stereocenters. The molecule has 7 heteroatoms. The maximum Gasteiger partial charge on any atom is 0.275 e. The molecule has 1 N–H and O–H groups in total. The zero-order valence-electron chi connectivity index (χ0n) is 14.9. The highest BCUT2D eigenvalue weighted by molar-refractivity contribution is 6.04. The van der Waals surface area contributed by atoms with Gasteiger partial charge in [0.25, 0.3) is 11.5 Å². The average Bonchev–Trinajstić information content (AvgIpc) is 2.61. The summed E-state index contributed by atoms with van der Waals surface area (Å²) in [6.45, 7) is 5.20. The number of likely N-dealkylation sites (tertiary alicyclic amines) is 1. The number of rotatable bonds is 3. The number of piperidine rings is 1. The van der Waals surface area contributed by atoms with Crippen LogP contribution in [0.3, 0.4) is 0 Å². The predicted octanol–water partition coefficient (Wildman–Crippen LogP) is 2.22. The van der Waals surface area contributed by atoms with Crippen molar-refractivity contribution in [3.05, 3.63) is 40.3 Å². The Kier molecular flexibility index (Phi) is 6.19. The van der Waals surface area contributed by atoms with E-state index in [0.717, 1.165) is 19.4 Å². The Labute approximate surface area is 153 Å². The lowest BCUT2D eigenvalue weighted by molar-refractivity contribution is 0.0691. The lowest BCUT2D eigenvalue weighted by Gasteiger charge is -2.32. The number of benzene rings is 1. The van der Waals surface area contributed by atoms with Crippen LogP contribution >= 0.6 is 12.4 Å². The molecule has 25 heavy (non-hydrogen) atoms. The van der Waals surface area contributed by atoms with Crippen molar-refractivity contribution in [2.24, 2.45) is 0 Å². The molecule has 0 radical (unpaired) electrons. The van der Waals surface area contributed by atoms with Crippen LogP contribution in [0.15, 0.2) is 29.1 Å². The van der Waals surface area contributed by atoms with E-state index >= 15 is 0 Å². The van der Waals surface area contributed by atoms with Gasteiger partial charge >= 0.3 is 0 Å². The molecule has 0 saturated carbocycles. The Hall–Kier alpha value is -1.92. The molecule has 0 spiro atoms. The van der Waals surface area contributed by atoms with Crippen molar-refractivity contribution in [3.63, 3.8) is 0 Å². The van der Waals surface area contributed by atoms with Gasteiger partial charge in [0.2, 0.25) is 0 Å². The number of nitrogens with zero attached hydrogens (tertiary/aromatic N) is 3. The molecule has 2 heterocycles. The molecule has 1 unspecified atom stereocenters. The second kappa shape index (κ2) is 7.97. The van der Waals surface area contributed by atoms with Gasteiger partial charge in [0.15, 0.2) is 5.69 Å². The van der Waals surface area contributed by atoms with E-state index < -0.39 is 0 Å². The van der Waals surface area contributed by atoms with E-state index in [1.807, 2.05) is 37.9 Å². The molecular weight excluding hydrogens is 340 g/mol. The van der Waals surface area contributed by atoms with Crippen LogP contribution in [0, 0.1) is 0 Å². The van der Waals surface area contributed by atoms with Gasteiger partial charge in [0.05, 0.1) is 11.4 Å². The Morgan fingerprint density at radius 1 is 1.28 bits per heavy atom. The van der Waals surface area contributed by atoms with Gasteiger partial charge in [-0.25, -0.2) is 4.68 Å². The number of likely N-dealkylation sites (N-methyl/N-ethyl adjacent to an activating group) is 1. The summed E-state index contributed by atoms with van der Waals surface area (Å²) in [6.07, 6.45) is 2.04. The third-order valence-electron chi connectivity index (χ3n) is 4.64. The van der Waals surface area contributed by atoms with Crippen LogP contribution in [0.4, 0.5) is 0 Å². The molecule has 2 aromatic rings. The number of hydrogen-bond donors (Lipinski definition) is 1. The lowest BCUT2D eigenvalue weighted by atomic mass is 10.0. The predicted molar refractivity (Wildman–Crippen MR) is 102 cm³/mol. The number of fused-ring (bicyclic) bond motifs is 1. The largest absolute Gasteiger partial charge is 0.336 e. The molecule has 1 saturated heterocycles. The fraction of sp³-hybridized carbons (Fsp3) is 0.500. The van der Waals surface area contributed by atoms with E-state index in [2.05, 4.69) is 10.4 Å². The van der Waals surface area contributed by atoms with Gasteiger partial charge in [0, 0.05) is 24.5 Å². The van der Waals surface area contributed by atoms with E-state index in [4.69, 9.17) is 0 Å². The van der Waals surface area contributed by atoms with Crippen LogP contribution in [0.1, 0.15) is 43.2 Å². The molecule has 1 aromatic carbocycles. The van der Waals surface area contributed by atoms with E-state index in [0.29, 0.717) is 29.1 Å². The summed E-state index contributed by atoms with van der Waals surface area (Å²) in [5, 5.41) is 8.85. The smallest absolute Gasteiger partial charge is 0.275 e. The quantitative estimate of drug-likeness (QED) is 0.906. The summed E-state index contributed by atoms with van der Waals surface area (Å²) >= 11 is 0. The SMILES string of the molecule is CNC1CCCN(C(=O)c2nn(C(C)C)c(=O)c3ccccc23)C1.Cl. The third-order valence-corrected chi connectivity index (χ3v) is 4.64. The Morgan fingerprint density at radius 2 is 1.96 bits per heavy atom. The van der Waals surface area contributed by atoms with Crippen molar-refractivity contribution in [2.45, 2.75) is 38.8 Å². The van der Waals surface area contributed by atoms with Crippen molar-refractivity contribution >= 4 is 29.1 Å². The summed E-state index contributed by atoms with van der Waals surface area (Å²) in [5.41, 5.74) is 0.222. The van der Waals surface area contributed by atoms with Gasteiger partial charge in [-0.15, -0.1) is 12.4 Å². The molecule has 1 aromatic heterocycles. The highest BCUT2D eigenvalue weighted by Gasteiger charge is 2.27. The summed E-state index contributed by atoms with van der Waals surface area (Å²) in [4.78, 5) is 27.5. The molecule has 3 rings (SSSR count). The van der Waals surface area contributed by atoms with Gasteiger partial charge in [-0.2, -0.15) is 5.10 Å². The number of carbonyl (C=O) groups excluding carboxylic acids is 1. The summed E-state index contributed by atoms with van der Waals surface area (Å²) in [5.74, 6) is -0.0967. The van der Waals surface area contributed by atoms with E-state index in [-0.39, 0.29) is 29.9 Å². The molecular formula is C18H25ClN4O2. The standard InChI is InChI=1S/C18H24N4O2.ClH/c1-12(2)22-17(23)15-9-5-4-8-14(15)16(20-22)18(24)21-10-6-7-13(11-21)19-3;/h4-5,8-9,12-13,19H,6-7,10-11H2,1-3H3;1H. The minimum Gasteiger partial charge on any atom is -0.336 e. The van der Waals surface area contributed by atoms with E-state index in [9.17, 15) is 9.59 Å². The Balaban J connectivity index is 0.00000225. The monoisotopic (exact) mass is 364 g/mol. The molecule has 6 nitrogen and oxygen atoms in total. The van der Waals surface area contributed by atoms with Gasteiger partial charge in [0.1, 0.15) is 0 Å². The zero-order valence-corrected chi connectivity index (χ0v) is 15.7. The topological polar surface area (TPSA) is 67.2 Å². The normalized spacial score (nSPS) is 17.6. The van der Waals surface area contributed by atoms with Crippen molar-refractivity contribution in [1.82, 2.24) is 20.0 Å². The second-order valence-corrected chi connectivity index (χ2v) is 6.62. The molecule has 136 valence electrons. The highest BCUT2D eigenvalue weighted by Crippen LogP contribution is 2.19. The lowest BCUT2D eigenvalue weighted by Crippen LogP contribution is -2.47. The van der Waals surface area contributed by atoms with Crippen LogP contribution in [-0.2, 0) is 0 Å². The van der Waals surface area contributed by atoms with Gasteiger partial charge in [-0.1, -0.05) is 18.2 Å². The summed E-state index contributed by atoms with van der Waals surface area (Å²) < 4.78 is 1.41. The van der Waals surface area contributed by atoms with Crippen LogP contribution < -0.4 is 10.9 Å². The molecule has 1 aliphatic heterocycles. The number of amides is 1. The van der Waals surface area contributed by atoms with Gasteiger partial charge in [-0.05, 0) is 39.8 Å². The van der Waals surface area contributed by atoms with Crippen LogP contribution in [0.5, 0.6) is 0 Å². The number of aromatic nitrogens is 2. The third kappa shape index (κ3) is 3.70. The summed E-state index contributed by atoms with van der Waals surface area (Å²) in [7, 11) is 1.92. The first kappa shape index (κ1) is 19.4. The summed E-state index contributed by atoms with van der Waals surface area (Å²) in [6, 6.07) is 7.45. The molecule has 1 fully saturated rings. The number of nitrogens with one attached hydrogen (secondary N) is 1. The van der Waals surface area contributed by atoms with Crippen LogP contribution in [-0.4, -0.2) is 46.8 Å². The molecule has 0 aliphatic carbocycles. The fourth-order valence-corrected chi connectivity index (χ4v) is 3.26. The first-order valence-electron chi connectivity index (χ1n) is 8.51. The highest BCUT2D eigenvalue weighted by atomic mass is 35.5. The van der Waals surface area contributed by atoms with Crippen molar-refractivity contribution in [1.29, 1.82) is 0 Å². The first-order chi connectivity index (χ1) is 11.5. The van der Waals surface area contributed by atoms with Gasteiger partial charge in [-0.3, -0.25) is 9.59 Å². The van der Waals surface area contributed by atoms with Crippen LogP contribution in [0.2, 0.25) is 0 Å². The minimum absolute atomic E-state index is 0. The van der Waals surface area contributed by atoms with Crippen molar-refractivity contribution in [3.8, 4) is 0 Å². The van der Waals surface area contributed by atoms with Crippen molar-refractivity contribution in [2.75, 3.05) is 20.1 Å². The van der Waals surface area contributed by atoms with E-state index in [1.54, 1.807) is 12.1 Å². The fourth-order valence-electron chi connectivity index (χ4n) is 3.26. The van der Waals surface area contributed by atoms with Crippen molar-refractivity contribution < 1.29 is 4.79 Å². The minimum atomic E-state index is -0.149.